The van der Waals surface area contributed by atoms with Crippen LogP contribution in [-0.2, 0) is 10.0 Å². The van der Waals surface area contributed by atoms with Gasteiger partial charge in [-0.3, -0.25) is 14.8 Å². The number of hydrogen-bond donors (Lipinski definition) is 2. The second kappa shape index (κ2) is 5.88. The molecule has 0 amide bonds. The fraction of sp³-hybridized carbons (Fsp3) is 0.200. The number of aromatic hydroxyl groups is 1. The molecule has 2 rings (SSSR count). The van der Waals surface area contributed by atoms with E-state index in [-0.39, 0.29) is 21.9 Å². The molecule has 0 radical (unpaired) electrons. The van der Waals surface area contributed by atoms with Crippen LogP contribution in [0.5, 0.6) is 5.75 Å². The van der Waals surface area contributed by atoms with Crippen molar-refractivity contribution in [2.75, 3.05) is 4.72 Å². The summed E-state index contributed by atoms with van der Waals surface area (Å²) >= 11 is 0. The van der Waals surface area contributed by atoms with Crippen LogP contribution in [0.25, 0.3) is 0 Å². The lowest BCUT2D eigenvalue weighted by molar-refractivity contribution is -0.387. The van der Waals surface area contributed by atoms with Crippen LogP contribution in [-0.4, -0.2) is 18.4 Å². The van der Waals surface area contributed by atoms with Gasteiger partial charge in [0.05, 0.1) is 10.6 Å². The Kier molecular flexibility index (Phi) is 4.28. The average molecular weight is 336 g/mol. The number of nitro benzene ring substituents is 1. The quantitative estimate of drug-likeness (QED) is 0.659. The second-order valence-electron chi connectivity index (χ2n) is 5.19. The summed E-state index contributed by atoms with van der Waals surface area (Å²) in [5.41, 5.74) is 0.898. The van der Waals surface area contributed by atoms with E-state index in [2.05, 4.69) is 4.72 Å². The Morgan fingerprint density at radius 2 is 1.74 bits per heavy atom. The summed E-state index contributed by atoms with van der Waals surface area (Å²) in [4.78, 5) is 9.99. The summed E-state index contributed by atoms with van der Waals surface area (Å²) in [6.45, 7) is 4.74. The zero-order chi connectivity index (χ0) is 17.4. The lowest BCUT2D eigenvalue weighted by atomic mass is 10.1. The number of nitrogens with zero attached hydrogens (tertiary/aromatic N) is 1. The summed E-state index contributed by atoms with van der Waals surface area (Å²) in [5, 5.41) is 21.0. The molecule has 8 heteroatoms. The van der Waals surface area contributed by atoms with E-state index < -0.39 is 20.6 Å². The highest BCUT2D eigenvalue weighted by Gasteiger charge is 2.28. The van der Waals surface area contributed by atoms with Gasteiger partial charge in [0, 0.05) is 11.6 Å². The van der Waals surface area contributed by atoms with Crippen LogP contribution in [0, 0.1) is 30.9 Å². The van der Waals surface area contributed by atoms with Crippen molar-refractivity contribution in [2.24, 2.45) is 0 Å². The van der Waals surface area contributed by atoms with Crippen molar-refractivity contribution in [3.8, 4) is 5.75 Å². The van der Waals surface area contributed by atoms with Crippen molar-refractivity contribution in [2.45, 2.75) is 25.7 Å². The van der Waals surface area contributed by atoms with Crippen molar-refractivity contribution in [1.82, 2.24) is 0 Å². The topological polar surface area (TPSA) is 110 Å². The smallest absolute Gasteiger partial charge is 0.290 e. The Morgan fingerprint density at radius 1 is 1.09 bits per heavy atom. The molecular formula is C15H16N2O5S. The van der Waals surface area contributed by atoms with Crippen LogP contribution in [0.4, 0.5) is 11.4 Å². The van der Waals surface area contributed by atoms with Crippen LogP contribution >= 0.6 is 0 Å². The van der Waals surface area contributed by atoms with Gasteiger partial charge in [0.1, 0.15) is 5.75 Å². The molecule has 0 bridgehead atoms. The minimum Gasteiger partial charge on any atom is -0.507 e. The lowest BCUT2D eigenvalue weighted by Gasteiger charge is -2.14. The number of nitro groups is 1. The van der Waals surface area contributed by atoms with Gasteiger partial charge < -0.3 is 5.11 Å². The lowest BCUT2D eigenvalue weighted by Crippen LogP contribution is -2.16. The fourth-order valence-electron chi connectivity index (χ4n) is 2.27. The van der Waals surface area contributed by atoms with Gasteiger partial charge in [-0.2, -0.15) is 0 Å². The zero-order valence-electron chi connectivity index (χ0n) is 12.8. The molecule has 0 aromatic heterocycles. The van der Waals surface area contributed by atoms with Crippen molar-refractivity contribution in [1.29, 1.82) is 0 Å². The first-order chi connectivity index (χ1) is 10.6. The molecule has 0 spiro atoms. The second-order valence-corrected chi connectivity index (χ2v) is 6.81. The average Bonchev–Trinajstić information content (AvgIpc) is 2.47. The molecule has 0 aliphatic heterocycles. The predicted molar refractivity (Wildman–Crippen MR) is 86.2 cm³/mol. The third-order valence-electron chi connectivity index (χ3n) is 3.53. The van der Waals surface area contributed by atoms with Gasteiger partial charge in [-0.05, 0) is 38.0 Å². The normalized spacial score (nSPS) is 11.3. The highest BCUT2D eigenvalue weighted by Crippen LogP contribution is 2.32. The van der Waals surface area contributed by atoms with Gasteiger partial charge in [-0.25, -0.2) is 8.42 Å². The standard InChI is InChI=1S/C15H16N2O5S/c1-9-7-8-12(11(3)14(9)18)16-23(21,22)15-10(2)5-4-6-13(15)17(19)20/h4-8,16,18H,1-3H3. The van der Waals surface area contributed by atoms with Crippen molar-refractivity contribution >= 4 is 21.4 Å². The molecular weight excluding hydrogens is 320 g/mol. The maximum Gasteiger partial charge on any atom is 0.290 e. The first-order valence-corrected chi connectivity index (χ1v) is 8.19. The molecule has 0 saturated carbocycles. The third kappa shape index (κ3) is 3.11. The van der Waals surface area contributed by atoms with Gasteiger partial charge in [-0.1, -0.05) is 18.2 Å². The number of hydrogen-bond acceptors (Lipinski definition) is 5. The Morgan fingerprint density at radius 3 is 2.35 bits per heavy atom. The Bertz CT molecular complexity index is 891. The Labute approximate surface area is 133 Å². The Balaban J connectivity index is 2.58. The Hall–Kier alpha value is -2.61. The number of anilines is 1. The number of sulfonamides is 1. The number of aryl methyl sites for hydroxylation is 2. The molecule has 0 heterocycles. The molecule has 2 aromatic rings. The van der Waals surface area contributed by atoms with Gasteiger partial charge in [-0.15, -0.1) is 0 Å². The molecule has 2 aromatic carbocycles. The van der Waals surface area contributed by atoms with E-state index in [9.17, 15) is 23.6 Å². The van der Waals surface area contributed by atoms with Crippen molar-refractivity contribution < 1.29 is 18.4 Å². The minimum atomic E-state index is -4.17. The predicted octanol–water partition coefficient (Wildman–Crippen LogP) is 3.03. The van der Waals surface area contributed by atoms with Gasteiger partial charge in [0.25, 0.3) is 15.7 Å². The number of phenols is 1. The summed E-state index contributed by atoms with van der Waals surface area (Å²) in [7, 11) is -4.17. The molecule has 122 valence electrons. The molecule has 23 heavy (non-hydrogen) atoms. The molecule has 7 nitrogen and oxygen atoms in total. The first-order valence-electron chi connectivity index (χ1n) is 6.71. The maximum absolute atomic E-state index is 12.6. The van der Waals surface area contributed by atoms with E-state index in [0.29, 0.717) is 11.1 Å². The maximum atomic E-state index is 12.6. The molecule has 0 atom stereocenters. The zero-order valence-corrected chi connectivity index (χ0v) is 13.6. The van der Waals surface area contributed by atoms with Gasteiger partial charge >= 0.3 is 0 Å². The van der Waals surface area contributed by atoms with Crippen LogP contribution in [0.1, 0.15) is 16.7 Å². The number of rotatable bonds is 4. The van der Waals surface area contributed by atoms with Gasteiger partial charge in [0.2, 0.25) is 0 Å². The third-order valence-corrected chi connectivity index (χ3v) is 5.09. The molecule has 2 N–H and O–H groups in total. The molecule has 0 fully saturated rings. The molecule has 0 aliphatic carbocycles. The highest BCUT2D eigenvalue weighted by molar-refractivity contribution is 7.93. The van der Waals surface area contributed by atoms with E-state index in [4.69, 9.17) is 0 Å². The fourth-order valence-corrected chi connectivity index (χ4v) is 3.79. The van der Waals surface area contributed by atoms with Crippen molar-refractivity contribution in [3.05, 3.63) is 57.1 Å². The molecule has 0 aliphatic rings. The summed E-state index contributed by atoms with van der Waals surface area (Å²) in [6, 6.07) is 7.12. The van der Waals surface area contributed by atoms with Crippen LogP contribution in [0.2, 0.25) is 0 Å². The molecule has 0 saturated heterocycles. The molecule has 0 unspecified atom stereocenters. The monoisotopic (exact) mass is 336 g/mol. The number of nitrogens with one attached hydrogen (secondary N) is 1. The minimum absolute atomic E-state index is 0.0236. The number of benzene rings is 2. The first kappa shape index (κ1) is 16.8. The van der Waals surface area contributed by atoms with Crippen LogP contribution in [0.15, 0.2) is 35.2 Å². The van der Waals surface area contributed by atoms with E-state index >= 15 is 0 Å². The van der Waals surface area contributed by atoms with Crippen molar-refractivity contribution in [3.63, 3.8) is 0 Å². The van der Waals surface area contributed by atoms with Crippen LogP contribution < -0.4 is 4.72 Å². The number of phenolic OH excluding ortho intramolecular Hbond substituents is 1. The highest BCUT2D eigenvalue weighted by atomic mass is 32.2. The summed E-state index contributed by atoms with van der Waals surface area (Å²) in [5.74, 6) is -0.0236. The van der Waals surface area contributed by atoms with Gasteiger partial charge in [0.15, 0.2) is 4.90 Å². The van der Waals surface area contributed by atoms with E-state index in [1.165, 1.54) is 25.1 Å². The summed E-state index contributed by atoms with van der Waals surface area (Å²) < 4.78 is 27.5. The largest absolute Gasteiger partial charge is 0.507 e. The van der Waals surface area contributed by atoms with E-state index in [1.807, 2.05) is 0 Å². The summed E-state index contributed by atoms with van der Waals surface area (Å²) in [6.07, 6.45) is 0. The van der Waals surface area contributed by atoms with E-state index in [0.717, 1.165) is 6.07 Å². The SMILES string of the molecule is Cc1ccc(NS(=O)(=O)c2c(C)cccc2[N+](=O)[O-])c(C)c1O. The van der Waals surface area contributed by atoms with E-state index in [1.54, 1.807) is 19.9 Å². The van der Waals surface area contributed by atoms with Crippen LogP contribution in [0.3, 0.4) is 0 Å².